The van der Waals surface area contributed by atoms with Gasteiger partial charge in [-0.15, -0.1) is 0 Å². The quantitative estimate of drug-likeness (QED) is 0.823. The zero-order chi connectivity index (χ0) is 14.5. The van der Waals surface area contributed by atoms with Crippen LogP contribution >= 0.6 is 0 Å². The van der Waals surface area contributed by atoms with Crippen molar-refractivity contribution in [1.82, 2.24) is 9.97 Å². The highest BCUT2D eigenvalue weighted by Crippen LogP contribution is 2.26. The smallest absolute Gasteiger partial charge is 0.134 e. The summed E-state index contributed by atoms with van der Waals surface area (Å²) in [7, 11) is 0. The lowest BCUT2D eigenvalue weighted by Gasteiger charge is -2.19. The summed E-state index contributed by atoms with van der Waals surface area (Å²) in [6.45, 7) is 6.50. The van der Waals surface area contributed by atoms with Crippen LogP contribution in [0.2, 0.25) is 0 Å². The monoisotopic (exact) mass is 276 g/mol. The summed E-state index contributed by atoms with van der Waals surface area (Å²) in [6, 6.07) is 0.530. The third-order valence-corrected chi connectivity index (χ3v) is 4.30. The second-order valence-corrected chi connectivity index (χ2v) is 6.20. The van der Waals surface area contributed by atoms with E-state index in [0.717, 1.165) is 36.0 Å². The summed E-state index contributed by atoms with van der Waals surface area (Å²) in [5, 5.41) is 3.62. The van der Waals surface area contributed by atoms with E-state index >= 15 is 0 Å². The zero-order valence-corrected chi connectivity index (χ0v) is 13.1. The molecular weight excluding hydrogens is 248 g/mol. The highest BCUT2D eigenvalue weighted by Gasteiger charge is 2.18. The molecule has 112 valence electrons. The van der Waals surface area contributed by atoms with Crippen molar-refractivity contribution in [3.05, 3.63) is 11.4 Å². The van der Waals surface area contributed by atoms with Gasteiger partial charge in [0.2, 0.25) is 0 Å². The number of nitrogen functional groups attached to an aromatic ring is 1. The fourth-order valence-corrected chi connectivity index (χ4v) is 2.88. The second-order valence-electron chi connectivity index (χ2n) is 6.20. The Balaban J connectivity index is 2.11. The van der Waals surface area contributed by atoms with E-state index in [0.29, 0.717) is 11.9 Å². The predicted molar refractivity (Wildman–Crippen MR) is 84.8 cm³/mol. The molecule has 0 saturated heterocycles. The molecule has 2 atom stereocenters. The fraction of sp³-hybridized carbons (Fsp3) is 0.750. The molecule has 4 heteroatoms. The van der Waals surface area contributed by atoms with E-state index < -0.39 is 0 Å². The van der Waals surface area contributed by atoms with E-state index in [1.54, 1.807) is 0 Å². The van der Waals surface area contributed by atoms with Crippen molar-refractivity contribution in [1.29, 1.82) is 0 Å². The van der Waals surface area contributed by atoms with E-state index in [9.17, 15) is 0 Å². The van der Waals surface area contributed by atoms with Crippen molar-refractivity contribution in [2.24, 2.45) is 5.92 Å². The van der Waals surface area contributed by atoms with Crippen molar-refractivity contribution in [2.45, 2.75) is 71.8 Å². The lowest BCUT2D eigenvalue weighted by Crippen LogP contribution is -2.21. The molecule has 1 aliphatic rings. The van der Waals surface area contributed by atoms with Crippen LogP contribution in [-0.4, -0.2) is 16.0 Å². The molecule has 1 heterocycles. The maximum atomic E-state index is 6.02. The van der Waals surface area contributed by atoms with Gasteiger partial charge in [0.05, 0.1) is 0 Å². The molecule has 1 saturated carbocycles. The molecule has 0 radical (unpaired) electrons. The normalized spacial score (nSPS) is 23.4. The summed E-state index contributed by atoms with van der Waals surface area (Å²) in [5.74, 6) is 3.28. The predicted octanol–water partition coefficient (Wildman–Crippen LogP) is 3.70. The first-order valence-electron chi connectivity index (χ1n) is 7.99. The Labute approximate surface area is 122 Å². The number of hydrogen-bond donors (Lipinski definition) is 2. The summed E-state index contributed by atoms with van der Waals surface area (Å²) >= 11 is 0. The Morgan fingerprint density at radius 2 is 2.00 bits per heavy atom. The number of aromatic nitrogens is 2. The van der Waals surface area contributed by atoms with Gasteiger partial charge in [-0.05, 0) is 38.5 Å². The van der Waals surface area contributed by atoms with Gasteiger partial charge in [0.25, 0.3) is 0 Å². The van der Waals surface area contributed by atoms with Gasteiger partial charge in [-0.3, -0.25) is 0 Å². The van der Waals surface area contributed by atoms with Crippen LogP contribution in [0.15, 0.2) is 0 Å². The van der Waals surface area contributed by atoms with Gasteiger partial charge in [-0.2, -0.15) is 0 Å². The van der Waals surface area contributed by atoms with Crippen LogP contribution in [0.3, 0.4) is 0 Å². The van der Waals surface area contributed by atoms with Gasteiger partial charge in [0.1, 0.15) is 17.5 Å². The molecule has 1 aromatic rings. The minimum atomic E-state index is 0.530. The number of hydrogen-bond acceptors (Lipinski definition) is 4. The number of rotatable bonds is 4. The van der Waals surface area contributed by atoms with Crippen LogP contribution in [0.5, 0.6) is 0 Å². The molecule has 0 spiro atoms. The van der Waals surface area contributed by atoms with Gasteiger partial charge in [0.15, 0.2) is 0 Å². The molecule has 0 amide bonds. The minimum absolute atomic E-state index is 0.530. The molecule has 3 N–H and O–H groups in total. The molecule has 1 fully saturated rings. The number of nitrogens with one attached hydrogen (secondary N) is 1. The topological polar surface area (TPSA) is 63.8 Å². The summed E-state index contributed by atoms with van der Waals surface area (Å²) in [5.41, 5.74) is 7.01. The lowest BCUT2D eigenvalue weighted by atomic mass is 10.0. The lowest BCUT2D eigenvalue weighted by molar-refractivity contribution is 0.501. The first-order chi connectivity index (χ1) is 9.60. The molecule has 1 aromatic heterocycles. The first-order valence-corrected chi connectivity index (χ1v) is 7.99. The highest BCUT2D eigenvalue weighted by molar-refractivity contribution is 5.55. The maximum absolute atomic E-state index is 6.02. The van der Waals surface area contributed by atoms with Crippen LogP contribution in [-0.2, 0) is 6.42 Å². The van der Waals surface area contributed by atoms with Crippen molar-refractivity contribution in [3.8, 4) is 0 Å². The Hall–Kier alpha value is -1.32. The van der Waals surface area contributed by atoms with Gasteiger partial charge in [-0.1, -0.05) is 26.7 Å². The van der Waals surface area contributed by atoms with Crippen LogP contribution in [0.25, 0.3) is 0 Å². The van der Waals surface area contributed by atoms with Crippen LogP contribution < -0.4 is 11.1 Å². The fourth-order valence-electron chi connectivity index (χ4n) is 2.88. The van der Waals surface area contributed by atoms with E-state index in [4.69, 9.17) is 5.73 Å². The van der Waals surface area contributed by atoms with Crippen molar-refractivity contribution in [2.75, 3.05) is 11.1 Å². The van der Waals surface area contributed by atoms with Gasteiger partial charge >= 0.3 is 0 Å². The second kappa shape index (κ2) is 6.91. The number of nitrogens with two attached hydrogens (primary N) is 1. The van der Waals surface area contributed by atoms with Crippen LogP contribution in [0.4, 0.5) is 11.6 Å². The van der Waals surface area contributed by atoms with Gasteiger partial charge in [-0.25, -0.2) is 9.97 Å². The Kier molecular flexibility index (Phi) is 5.21. The molecule has 2 rings (SSSR count). The van der Waals surface area contributed by atoms with Gasteiger partial charge < -0.3 is 11.1 Å². The Bertz CT molecular complexity index is 444. The SMILES string of the molecule is CCCc1nc(N)c(C)c(NC2CCCC(C)CC2)n1. The van der Waals surface area contributed by atoms with Crippen molar-refractivity contribution in [3.63, 3.8) is 0 Å². The number of anilines is 2. The molecule has 20 heavy (non-hydrogen) atoms. The molecule has 0 aromatic carbocycles. The largest absolute Gasteiger partial charge is 0.383 e. The third kappa shape index (κ3) is 3.84. The molecule has 2 unspecified atom stereocenters. The number of aryl methyl sites for hydroxylation is 1. The number of nitrogens with zero attached hydrogens (tertiary/aromatic N) is 2. The van der Waals surface area contributed by atoms with Crippen LogP contribution in [0.1, 0.15) is 63.8 Å². The first kappa shape index (κ1) is 15.1. The summed E-state index contributed by atoms with van der Waals surface area (Å²) in [6.07, 6.45) is 8.36. The molecule has 4 nitrogen and oxygen atoms in total. The maximum Gasteiger partial charge on any atom is 0.134 e. The Morgan fingerprint density at radius 3 is 2.75 bits per heavy atom. The van der Waals surface area contributed by atoms with E-state index in [1.807, 2.05) is 6.92 Å². The van der Waals surface area contributed by atoms with Gasteiger partial charge in [0, 0.05) is 18.0 Å². The third-order valence-electron chi connectivity index (χ3n) is 4.30. The van der Waals surface area contributed by atoms with Crippen LogP contribution in [0, 0.1) is 12.8 Å². The Morgan fingerprint density at radius 1 is 1.20 bits per heavy atom. The average Bonchev–Trinajstić information content (AvgIpc) is 2.61. The zero-order valence-electron chi connectivity index (χ0n) is 13.1. The summed E-state index contributed by atoms with van der Waals surface area (Å²) < 4.78 is 0. The van der Waals surface area contributed by atoms with Crippen molar-refractivity contribution >= 4 is 11.6 Å². The van der Waals surface area contributed by atoms with Crippen molar-refractivity contribution < 1.29 is 0 Å². The molecule has 0 bridgehead atoms. The molecular formula is C16H28N4. The minimum Gasteiger partial charge on any atom is -0.383 e. The summed E-state index contributed by atoms with van der Waals surface area (Å²) in [4.78, 5) is 9.04. The standard InChI is InChI=1S/C16H28N4/c1-4-6-14-19-15(17)12(3)16(20-14)18-13-8-5-7-11(2)9-10-13/h11,13H,4-10H2,1-3H3,(H3,17,18,19,20). The van der Waals surface area contributed by atoms with E-state index in [2.05, 4.69) is 29.1 Å². The molecule has 0 aliphatic heterocycles. The highest BCUT2D eigenvalue weighted by atomic mass is 15.1. The van der Waals surface area contributed by atoms with E-state index in [1.165, 1.54) is 32.1 Å². The average molecular weight is 276 g/mol. The molecule has 1 aliphatic carbocycles. The van der Waals surface area contributed by atoms with E-state index in [-0.39, 0.29) is 0 Å².